The molecular weight excluding hydrogens is 347 g/mol. The van der Waals surface area contributed by atoms with Crippen LogP contribution in [0.5, 0.6) is 0 Å². The van der Waals surface area contributed by atoms with Crippen molar-refractivity contribution in [2.45, 2.75) is 6.54 Å². The first-order valence-corrected chi connectivity index (χ1v) is 6.35. The zero-order valence-corrected chi connectivity index (χ0v) is 11.7. The second-order valence-electron chi connectivity index (χ2n) is 3.87. The van der Waals surface area contributed by atoms with E-state index in [1.54, 1.807) is 16.3 Å². The molecule has 6 nitrogen and oxygen atoms in total. The summed E-state index contributed by atoms with van der Waals surface area (Å²) >= 11 is 2.18. The highest BCUT2D eigenvalue weighted by molar-refractivity contribution is 14.1. The highest BCUT2D eigenvalue weighted by atomic mass is 127. The number of fused-ring (bicyclic) bond motifs is 1. The van der Waals surface area contributed by atoms with Crippen LogP contribution >= 0.6 is 22.6 Å². The molecule has 92 valence electrons. The van der Waals surface area contributed by atoms with Crippen molar-refractivity contribution in [3.05, 3.63) is 44.5 Å². The third-order valence-corrected chi connectivity index (χ3v) is 3.41. The molecule has 0 aliphatic heterocycles. The van der Waals surface area contributed by atoms with E-state index in [4.69, 9.17) is 4.42 Å². The molecule has 0 aliphatic rings. The number of rotatable bonds is 2. The van der Waals surface area contributed by atoms with Gasteiger partial charge in [0.05, 0.1) is 12.1 Å². The summed E-state index contributed by atoms with van der Waals surface area (Å²) in [4.78, 5) is 15.9. The average Bonchev–Trinajstić information content (AvgIpc) is 2.85. The minimum absolute atomic E-state index is 0.350. The van der Waals surface area contributed by atoms with Crippen LogP contribution in [-0.2, 0) is 13.6 Å². The number of aromatic nitrogens is 4. The van der Waals surface area contributed by atoms with Gasteiger partial charge in [-0.2, -0.15) is 5.10 Å². The SMILES string of the molecule is Cn1ncnc1Cn1c(=O)oc2cc(I)ccc21. The predicted molar refractivity (Wildman–Crippen MR) is 73.3 cm³/mol. The Labute approximate surface area is 115 Å². The first-order chi connectivity index (χ1) is 8.65. The summed E-state index contributed by atoms with van der Waals surface area (Å²) in [6.07, 6.45) is 1.46. The standard InChI is InChI=1S/C11H9IN4O2/c1-15-10(13-6-14-15)5-16-8-3-2-7(12)4-9(8)18-11(16)17/h2-4,6H,5H2,1H3. The van der Waals surface area contributed by atoms with Crippen LogP contribution in [0.3, 0.4) is 0 Å². The van der Waals surface area contributed by atoms with Crippen LogP contribution in [-0.4, -0.2) is 19.3 Å². The van der Waals surface area contributed by atoms with E-state index in [0.29, 0.717) is 18.0 Å². The molecule has 1 aromatic carbocycles. The number of halogens is 1. The smallest absolute Gasteiger partial charge is 0.408 e. The largest absolute Gasteiger partial charge is 0.420 e. The summed E-state index contributed by atoms with van der Waals surface area (Å²) in [5.74, 6) is 0.327. The van der Waals surface area contributed by atoms with Gasteiger partial charge in [0, 0.05) is 10.6 Å². The highest BCUT2D eigenvalue weighted by Crippen LogP contribution is 2.16. The van der Waals surface area contributed by atoms with Gasteiger partial charge in [-0.05, 0) is 40.8 Å². The Hall–Kier alpha value is -1.64. The Morgan fingerprint density at radius 2 is 2.28 bits per heavy atom. The molecule has 0 amide bonds. The van der Waals surface area contributed by atoms with Crippen molar-refractivity contribution in [3.63, 3.8) is 0 Å². The van der Waals surface area contributed by atoms with Gasteiger partial charge in [0.25, 0.3) is 0 Å². The van der Waals surface area contributed by atoms with E-state index >= 15 is 0 Å². The van der Waals surface area contributed by atoms with Gasteiger partial charge < -0.3 is 4.42 Å². The van der Waals surface area contributed by atoms with Crippen molar-refractivity contribution in [2.24, 2.45) is 7.05 Å². The van der Waals surface area contributed by atoms with Crippen molar-refractivity contribution < 1.29 is 4.42 Å². The van der Waals surface area contributed by atoms with E-state index in [9.17, 15) is 4.79 Å². The van der Waals surface area contributed by atoms with Crippen molar-refractivity contribution in [3.8, 4) is 0 Å². The van der Waals surface area contributed by atoms with Crippen molar-refractivity contribution in [2.75, 3.05) is 0 Å². The second-order valence-corrected chi connectivity index (χ2v) is 5.11. The second kappa shape index (κ2) is 4.23. The molecule has 3 aromatic rings. The van der Waals surface area contributed by atoms with E-state index in [1.807, 2.05) is 18.2 Å². The highest BCUT2D eigenvalue weighted by Gasteiger charge is 2.12. The fourth-order valence-electron chi connectivity index (χ4n) is 1.79. The van der Waals surface area contributed by atoms with Crippen molar-refractivity contribution in [1.82, 2.24) is 19.3 Å². The maximum atomic E-state index is 11.8. The van der Waals surface area contributed by atoms with E-state index in [2.05, 4.69) is 32.7 Å². The number of hydrogen-bond acceptors (Lipinski definition) is 4. The molecule has 0 N–H and O–H groups in total. The van der Waals surface area contributed by atoms with Crippen molar-refractivity contribution >= 4 is 33.7 Å². The van der Waals surface area contributed by atoms with Crippen LogP contribution < -0.4 is 5.76 Å². The Bertz CT molecular complexity index is 771. The molecule has 0 saturated heterocycles. The molecule has 3 rings (SSSR count). The Balaban J connectivity index is 2.15. The Morgan fingerprint density at radius 1 is 1.44 bits per heavy atom. The molecule has 0 aliphatic carbocycles. The van der Waals surface area contributed by atoms with Gasteiger partial charge in [-0.25, -0.2) is 9.78 Å². The molecule has 0 saturated carbocycles. The lowest BCUT2D eigenvalue weighted by molar-refractivity contribution is 0.509. The fraction of sp³-hybridized carbons (Fsp3) is 0.182. The minimum atomic E-state index is -0.380. The number of benzene rings is 1. The summed E-state index contributed by atoms with van der Waals surface area (Å²) < 4.78 is 9.43. The van der Waals surface area contributed by atoms with Gasteiger partial charge in [-0.15, -0.1) is 0 Å². The number of nitrogens with zero attached hydrogens (tertiary/aromatic N) is 4. The number of hydrogen-bond donors (Lipinski definition) is 0. The Kier molecular flexibility index (Phi) is 2.69. The Morgan fingerprint density at radius 3 is 3.00 bits per heavy atom. The summed E-state index contributed by atoms with van der Waals surface area (Å²) in [5.41, 5.74) is 1.36. The van der Waals surface area contributed by atoms with Crippen LogP contribution in [0.2, 0.25) is 0 Å². The predicted octanol–water partition coefficient (Wildman–Crippen LogP) is 1.38. The number of aryl methyl sites for hydroxylation is 1. The van der Waals surface area contributed by atoms with Crippen LogP contribution in [0, 0.1) is 3.57 Å². The molecule has 0 radical (unpaired) electrons. The van der Waals surface area contributed by atoms with E-state index in [-0.39, 0.29) is 5.76 Å². The first-order valence-electron chi connectivity index (χ1n) is 5.27. The van der Waals surface area contributed by atoms with Gasteiger partial charge >= 0.3 is 5.76 Å². The van der Waals surface area contributed by atoms with Crippen LogP contribution in [0.15, 0.2) is 33.7 Å². The average molecular weight is 356 g/mol. The molecule has 0 atom stereocenters. The van der Waals surface area contributed by atoms with Gasteiger partial charge in [0.2, 0.25) is 0 Å². The molecule has 18 heavy (non-hydrogen) atoms. The lowest BCUT2D eigenvalue weighted by atomic mass is 10.3. The maximum Gasteiger partial charge on any atom is 0.420 e. The summed E-state index contributed by atoms with van der Waals surface area (Å²) in [6.45, 7) is 0.350. The van der Waals surface area contributed by atoms with E-state index < -0.39 is 0 Å². The quantitative estimate of drug-likeness (QED) is 0.651. The molecule has 0 spiro atoms. The van der Waals surface area contributed by atoms with E-state index in [0.717, 1.165) is 9.09 Å². The third kappa shape index (κ3) is 1.84. The topological polar surface area (TPSA) is 65.8 Å². The molecule has 2 heterocycles. The molecule has 0 bridgehead atoms. The van der Waals surface area contributed by atoms with Gasteiger partial charge in [0.1, 0.15) is 12.2 Å². The van der Waals surface area contributed by atoms with Crippen LogP contribution in [0.1, 0.15) is 5.82 Å². The van der Waals surface area contributed by atoms with Crippen LogP contribution in [0.4, 0.5) is 0 Å². The van der Waals surface area contributed by atoms with E-state index in [1.165, 1.54) is 6.33 Å². The van der Waals surface area contributed by atoms with Gasteiger partial charge in [0.15, 0.2) is 5.58 Å². The lowest BCUT2D eigenvalue weighted by Gasteiger charge is -2.01. The van der Waals surface area contributed by atoms with Gasteiger partial charge in [-0.1, -0.05) is 0 Å². The molecule has 0 unspecified atom stereocenters. The zero-order chi connectivity index (χ0) is 12.7. The molecular formula is C11H9IN4O2. The lowest BCUT2D eigenvalue weighted by Crippen LogP contribution is -2.17. The summed E-state index contributed by atoms with van der Waals surface area (Å²) in [5, 5.41) is 3.98. The molecule has 0 fully saturated rings. The van der Waals surface area contributed by atoms with Crippen LogP contribution in [0.25, 0.3) is 11.1 Å². The summed E-state index contributed by atoms with van der Waals surface area (Å²) in [6, 6.07) is 5.65. The molecule has 2 aromatic heterocycles. The van der Waals surface area contributed by atoms with Gasteiger partial charge in [-0.3, -0.25) is 9.25 Å². The third-order valence-electron chi connectivity index (χ3n) is 2.73. The van der Waals surface area contributed by atoms with Crippen molar-refractivity contribution in [1.29, 1.82) is 0 Å². The number of oxazole rings is 1. The monoisotopic (exact) mass is 356 g/mol. The fourth-order valence-corrected chi connectivity index (χ4v) is 2.26. The summed E-state index contributed by atoms with van der Waals surface area (Å²) in [7, 11) is 1.79. The minimum Gasteiger partial charge on any atom is -0.408 e. The maximum absolute atomic E-state index is 11.8. The first kappa shape index (κ1) is 11.5. The molecule has 7 heteroatoms. The zero-order valence-electron chi connectivity index (χ0n) is 9.50. The normalized spacial score (nSPS) is 11.2.